The Morgan fingerprint density at radius 1 is 1.22 bits per heavy atom. The maximum atomic E-state index is 12.1. The van der Waals surface area contributed by atoms with Gasteiger partial charge in [-0.05, 0) is 19.4 Å². The van der Waals surface area contributed by atoms with Crippen molar-refractivity contribution < 1.29 is 28.7 Å². The van der Waals surface area contributed by atoms with Crippen LogP contribution in [0.4, 0.5) is 0 Å². The number of carbonyl (C=O) groups excluding carboxylic acids is 2. The summed E-state index contributed by atoms with van der Waals surface area (Å²) in [5.41, 5.74) is 11.1. The number of quaternary nitrogens is 1. The second-order valence-electron chi connectivity index (χ2n) is 6.62. The highest BCUT2D eigenvalue weighted by molar-refractivity contribution is 5.99. The summed E-state index contributed by atoms with van der Waals surface area (Å²) in [4.78, 5) is 35.5. The molecule has 0 aromatic carbocycles. The van der Waals surface area contributed by atoms with Gasteiger partial charge in [-0.25, -0.2) is 0 Å². The van der Waals surface area contributed by atoms with Crippen LogP contribution < -0.4 is 11.5 Å². The molecule has 0 aliphatic rings. The quantitative estimate of drug-likeness (QED) is 0.260. The molecule has 0 rings (SSSR count). The number of rotatable bonds is 11. The molecule has 2 unspecified atom stereocenters. The summed E-state index contributed by atoms with van der Waals surface area (Å²) in [5.74, 6) is -3.85. The van der Waals surface area contributed by atoms with Crippen molar-refractivity contribution in [2.24, 2.45) is 17.4 Å². The molecular formula is C15H30N3O5+. The molecular weight excluding hydrogens is 302 g/mol. The van der Waals surface area contributed by atoms with E-state index >= 15 is 0 Å². The van der Waals surface area contributed by atoms with Crippen molar-refractivity contribution in [1.82, 2.24) is 0 Å². The lowest BCUT2D eigenvalue weighted by molar-refractivity contribution is -0.873. The van der Waals surface area contributed by atoms with Crippen LogP contribution in [0.3, 0.4) is 0 Å². The van der Waals surface area contributed by atoms with Crippen molar-refractivity contribution in [3.8, 4) is 0 Å². The molecule has 0 aliphatic carbocycles. The molecule has 0 radical (unpaired) electrons. The first-order valence-electron chi connectivity index (χ1n) is 7.75. The Kier molecular flexibility index (Phi) is 8.96. The molecule has 0 saturated carbocycles. The van der Waals surface area contributed by atoms with E-state index in [2.05, 4.69) is 0 Å². The zero-order chi connectivity index (χ0) is 18.2. The second-order valence-corrected chi connectivity index (χ2v) is 6.62. The minimum Gasteiger partial charge on any atom is -0.481 e. The number of ether oxygens (including phenoxy) is 1. The van der Waals surface area contributed by atoms with Gasteiger partial charge < -0.3 is 25.8 Å². The number of hydrogen-bond acceptors (Lipinski definition) is 6. The van der Waals surface area contributed by atoms with Crippen LogP contribution in [-0.4, -0.2) is 73.7 Å². The number of esters is 1. The fourth-order valence-corrected chi connectivity index (χ4v) is 2.17. The molecule has 0 heterocycles. The van der Waals surface area contributed by atoms with Crippen molar-refractivity contribution in [1.29, 1.82) is 0 Å². The molecule has 0 aliphatic heterocycles. The van der Waals surface area contributed by atoms with E-state index in [0.717, 1.165) is 0 Å². The Morgan fingerprint density at radius 2 is 1.78 bits per heavy atom. The van der Waals surface area contributed by atoms with Crippen molar-refractivity contribution in [3.05, 3.63) is 0 Å². The first kappa shape index (κ1) is 21.5. The maximum absolute atomic E-state index is 12.1. The predicted octanol–water partition coefficient (Wildman–Crippen LogP) is -0.649. The number of hydrogen-bond donors (Lipinski definition) is 3. The van der Waals surface area contributed by atoms with E-state index in [1.54, 1.807) is 6.92 Å². The monoisotopic (exact) mass is 332 g/mol. The van der Waals surface area contributed by atoms with Crippen LogP contribution in [-0.2, 0) is 19.1 Å². The summed E-state index contributed by atoms with van der Waals surface area (Å²) in [6.07, 6.45) is -0.0869. The lowest BCUT2D eigenvalue weighted by Gasteiger charge is -2.31. The standard InChI is InChI=1S/C15H29N3O5/c1-5-11(19)13(14(20)21)12(9-18(2,3)4)23-15(22)10(17)7-6-8-16/h10,12-13H,5-9,16-17H2,1-4H3/p+1/t10-,12?,13?/m0/s1. The maximum Gasteiger partial charge on any atom is 0.323 e. The average Bonchev–Trinajstić information content (AvgIpc) is 2.42. The first-order chi connectivity index (χ1) is 10.5. The smallest absolute Gasteiger partial charge is 0.323 e. The second kappa shape index (κ2) is 9.59. The van der Waals surface area contributed by atoms with E-state index in [0.29, 0.717) is 23.9 Å². The van der Waals surface area contributed by atoms with Gasteiger partial charge in [0, 0.05) is 6.42 Å². The molecule has 0 fully saturated rings. The van der Waals surface area contributed by atoms with Crippen molar-refractivity contribution in [2.75, 3.05) is 34.2 Å². The van der Waals surface area contributed by atoms with E-state index in [1.807, 2.05) is 21.1 Å². The Bertz CT molecular complexity index is 420. The van der Waals surface area contributed by atoms with Crippen LogP contribution in [0.2, 0.25) is 0 Å². The Morgan fingerprint density at radius 3 is 2.17 bits per heavy atom. The summed E-state index contributed by atoms with van der Waals surface area (Å²) in [7, 11) is 5.47. The number of nitrogens with two attached hydrogens (primary N) is 2. The fourth-order valence-electron chi connectivity index (χ4n) is 2.17. The molecule has 3 atom stereocenters. The third kappa shape index (κ3) is 8.06. The Hall–Kier alpha value is -1.51. The van der Waals surface area contributed by atoms with Crippen LogP contribution in [0.1, 0.15) is 26.2 Å². The molecule has 23 heavy (non-hydrogen) atoms. The highest BCUT2D eigenvalue weighted by Gasteiger charge is 2.40. The molecule has 0 saturated heterocycles. The normalized spacial score (nSPS) is 15.6. The number of carboxylic acid groups (broad SMARTS) is 1. The van der Waals surface area contributed by atoms with E-state index in [4.69, 9.17) is 16.2 Å². The van der Waals surface area contributed by atoms with Gasteiger partial charge in [-0.15, -0.1) is 0 Å². The van der Waals surface area contributed by atoms with Crippen molar-refractivity contribution in [2.45, 2.75) is 38.3 Å². The zero-order valence-corrected chi connectivity index (χ0v) is 14.4. The van der Waals surface area contributed by atoms with Crippen LogP contribution >= 0.6 is 0 Å². The number of ketones is 1. The SMILES string of the molecule is CCC(=O)C(C(=O)O)C(C[N+](C)(C)C)OC(=O)[C@@H](N)CCCN. The topological polar surface area (TPSA) is 133 Å². The third-order valence-corrected chi connectivity index (χ3v) is 3.35. The van der Waals surface area contributed by atoms with Crippen LogP contribution in [0.15, 0.2) is 0 Å². The van der Waals surface area contributed by atoms with E-state index < -0.39 is 35.8 Å². The lowest BCUT2D eigenvalue weighted by atomic mass is 9.94. The summed E-state index contributed by atoms with van der Waals surface area (Å²) in [6, 6.07) is -0.875. The summed E-state index contributed by atoms with van der Waals surface area (Å²) < 4.78 is 5.65. The fraction of sp³-hybridized carbons (Fsp3) is 0.800. The van der Waals surface area contributed by atoms with Gasteiger partial charge in [-0.2, -0.15) is 0 Å². The zero-order valence-electron chi connectivity index (χ0n) is 14.4. The van der Waals surface area contributed by atoms with Crippen molar-refractivity contribution in [3.63, 3.8) is 0 Å². The highest BCUT2D eigenvalue weighted by Crippen LogP contribution is 2.16. The molecule has 0 amide bonds. The van der Waals surface area contributed by atoms with Gasteiger partial charge >= 0.3 is 11.9 Å². The molecule has 8 heteroatoms. The van der Waals surface area contributed by atoms with Crippen LogP contribution in [0, 0.1) is 5.92 Å². The van der Waals surface area contributed by atoms with Crippen LogP contribution in [0.5, 0.6) is 0 Å². The van der Waals surface area contributed by atoms with Gasteiger partial charge in [0.15, 0.2) is 17.8 Å². The van der Waals surface area contributed by atoms with Gasteiger partial charge in [0.1, 0.15) is 12.6 Å². The van der Waals surface area contributed by atoms with Gasteiger partial charge in [0.25, 0.3) is 0 Å². The average molecular weight is 332 g/mol. The Labute approximate surface area is 137 Å². The minimum absolute atomic E-state index is 0.0569. The van der Waals surface area contributed by atoms with E-state index in [1.165, 1.54) is 0 Å². The van der Waals surface area contributed by atoms with E-state index in [-0.39, 0.29) is 13.0 Å². The number of likely N-dealkylation sites (N-methyl/N-ethyl adjacent to an activating group) is 1. The summed E-state index contributed by atoms with van der Waals surface area (Å²) in [6.45, 7) is 2.17. The number of carboxylic acids is 1. The molecule has 134 valence electrons. The molecule has 0 bridgehead atoms. The summed E-state index contributed by atoms with van der Waals surface area (Å²) in [5, 5.41) is 9.37. The van der Waals surface area contributed by atoms with Crippen molar-refractivity contribution >= 4 is 17.7 Å². The Balaban J connectivity index is 5.24. The first-order valence-corrected chi connectivity index (χ1v) is 7.75. The van der Waals surface area contributed by atoms with Gasteiger partial charge in [-0.1, -0.05) is 6.92 Å². The van der Waals surface area contributed by atoms with Gasteiger partial charge in [0.05, 0.1) is 21.1 Å². The largest absolute Gasteiger partial charge is 0.481 e. The van der Waals surface area contributed by atoms with Crippen LogP contribution in [0.25, 0.3) is 0 Å². The number of Topliss-reactive ketones (excluding diaryl/α,β-unsaturated/α-hetero) is 1. The number of aliphatic carboxylic acids is 1. The molecule has 5 N–H and O–H groups in total. The summed E-state index contributed by atoms with van der Waals surface area (Å²) >= 11 is 0. The number of nitrogens with zero attached hydrogens (tertiary/aromatic N) is 1. The number of carbonyl (C=O) groups is 3. The van der Waals surface area contributed by atoms with Gasteiger partial charge in [0.2, 0.25) is 0 Å². The lowest BCUT2D eigenvalue weighted by Crippen LogP contribution is -2.51. The molecule has 0 aromatic heterocycles. The van der Waals surface area contributed by atoms with E-state index in [9.17, 15) is 19.5 Å². The molecule has 0 aromatic rings. The molecule has 0 spiro atoms. The molecule has 8 nitrogen and oxygen atoms in total. The predicted molar refractivity (Wildman–Crippen MR) is 85.5 cm³/mol. The minimum atomic E-state index is -1.39. The highest BCUT2D eigenvalue weighted by atomic mass is 16.5. The van der Waals surface area contributed by atoms with Gasteiger partial charge in [-0.3, -0.25) is 14.4 Å². The third-order valence-electron chi connectivity index (χ3n) is 3.35.